The molecule has 0 bridgehead atoms. The Balaban J connectivity index is 2.27. The molecular weight excluding hydrogens is 228 g/mol. The van der Waals surface area contributed by atoms with Crippen molar-refractivity contribution in [1.82, 2.24) is 10.2 Å². The lowest BCUT2D eigenvalue weighted by atomic mass is 10.0. The van der Waals surface area contributed by atoms with Gasteiger partial charge < -0.3 is 15.0 Å². The van der Waals surface area contributed by atoms with Crippen LogP contribution in [0, 0.1) is 13.8 Å². The van der Waals surface area contributed by atoms with E-state index >= 15 is 0 Å². The Morgan fingerprint density at radius 1 is 1.22 bits per heavy atom. The number of aryl methyl sites for hydroxylation is 2. The van der Waals surface area contributed by atoms with Gasteiger partial charge in [0.25, 0.3) is 5.91 Å². The molecule has 1 fully saturated rings. The minimum Gasteiger partial charge on any atom is -0.496 e. The second kappa shape index (κ2) is 5.40. The van der Waals surface area contributed by atoms with Crippen LogP contribution < -0.4 is 10.1 Å². The molecule has 2 rings (SSSR count). The van der Waals surface area contributed by atoms with Crippen molar-refractivity contribution in [2.45, 2.75) is 13.8 Å². The molecule has 0 unspecified atom stereocenters. The van der Waals surface area contributed by atoms with Gasteiger partial charge in [0.05, 0.1) is 7.11 Å². The van der Waals surface area contributed by atoms with Crippen molar-refractivity contribution in [2.75, 3.05) is 33.3 Å². The Labute approximate surface area is 108 Å². The standard InChI is InChI=1S/C14H20N2O2/c1-10-9-13(18-3)11(2)8-12(10)14(17)16-6-4-15-5-7-16/h8-9,15H,4-7H2,1-3H3. The van der Waals surface area contributed by atoms with Gasteiger partial charge in [-0.05, 0) is 37.1 Å². The number of piperazine rings is 1. The number of hydrogen-bond acceptors (Lipinski definition) is 3. The predicted molar refractivity (Wildman–Crippen MR) is 71.2 cm³/mol. The van der Waals surface area contributed by atoms with Gasteiger partial charge >= 0.3 is 0 Å². The first kappa shape index (κ1) is 12.9. The summed E-state index contributed by atoms with van der Waals surface area (Å²) in [6, 6.07) is 3.86. The molecule has 1 N–H and O–H groups in total. The van der Waals surface area contributed by atoms with Crippen molar-refractivity contribution in [2.24, 2.45) is 0 Å². The van der Waals surface area contributed by atoms with Crippen molar-refractivity contribution < 1.29 is 9.53 Å². The fraction of sp³-hybridized carbons (Fsp3) is 0.500. The maximum absolute atomic E-state index is 12.4. The molecule has 0 spiro atoms. The van der Waals surface area contributed by atoms with Gasteiger partial charge in [0.1, 0.15) is 5.75 Å². The maximum Gasteiger partial charge on any atom is 0.254 e. The zero-order chi connectivity index (χ0) is 13.1. The number of nitrogens with one attached hydrogen (secondary N) is 1. The van der Waals surface area contributed by atoms with Crippen LogP contribution in [0.1, 0.15) is 21.5 Å². The van der Waals surface area contributed by atoms with Crippen LogP contribution in [-0.4, -0.2) is 44.1 Å². The number of carbonyl (C=O) groups is 1. The van der Waals surface area contributed by atoms with E-state index < -0.39 is 0 Å². The quantitative estimate of drug-likeness (QED) is 0.859. The van der Waals surface area contributed by atoms with Crippen LogP contribution >= 0.6 is 0 Å². The van der Waals surface area contributed by atoms with E-state index in [-0.39, 0.29) is 5.91 Å². The number of carbonyl (C=O) groups excluding carboxylic acids is 1. The smallest absolute Gasteiger partial charge is 0.254 e. The average molecular weight is 248 g/mol. The van der Waals surface area contributed by atoms with Gasteiger partial charge in [0, 0.05) is 31.7 Å². The lowest BCUT2D eigenvalue weighted by Gasteiger charge is -2.28. The molecule has 1 saturated heterocycles. The summed E-state index contributed by atoms with van der Waals surface area (Å²) in [6.45, 7) is 7.23. The first-order chi connectivity index (χ1) is 8.63. The van der Waals surface area contributed by atoms with Crippen LogP contribution in [0.15, 0.2) is 12.1 Å². The molecule has 98 valence electrons. The minimum absolute atomic E-state index is 0.125. The third-order valence-electron chi connectivity index (χ3n) is 3.38. The van der Waals surface area contributed by atoms with Gasteiger partial charge in [-0.3, -0.25) is 4.79 Å². The molecule has 1 aliphatic rings. The summed E-state index contributed by atoms with van der Waals surface area (Å²) < 4.78 is 5.27. The normalized spacial score (nSPS) is 15.6. The van der Waals surface area contributed by atoms with Crippen molar-refractivity contribution in [3.8, 4) is 5.75 Å². The molecule has 1 amide bonds. The van der Waals surface area contributed by atoms with Crippen molar-refractivity contribution in [3.63, 3.8) is 0 Å². The summed E-state index contributed by atoms with van der Waals surface area (Å²) in [5, 5.41) is 3.25. The Morgan fingerprint density at radius 2 is 1.89 bits per heavy atom. The molecule has 1 aliphatic heterocycles. The summed E-state index contributed by atoms with van der Waals surface area (Å²) in [7, 11) is 1.65. The van der Waals surface area contributed by atoms with E-state index in [1.54, 1.807) is 7.11 Å². The van der Waals surface area contributed by atoms with Gasteiger partial charge in [-0.15, -0.1) is 0 Å². The van der Waals surface area contributed by atoms with Gasteiger partial charge in [-0.25, -0.2) is 0 Å². The summed E-state index contributed by atoms with van der Waals surface area (Å²) in [5.41, 5.74) is 2.76. The Kier molecular flexibility index (Phi) is 3.87. The summed E-state index contributed by atoms with van der Waals surface area (Å²) in [5.74, 6) is 0.962. The second-order valence-electron chi connectivity index (χ2n) is 4.68. The summed E-state index contributed by atoms with van der Waals surface area (Å²) in [6.07, 6.45) is 0. The second-order valence-corrected chi connectivity index (χ2v) is 4.68. The van der Waals surface area contributed by atoms with E-state index in [1.807, 2.05) is 30.9 Å². The monoisotopic (exact) mass is 248 g/mol. The lowest BCUT2D eigenvalue weighted by Crippen LogP contribution is -2.46. The summed E-state index contributed by atoms with van der Waals surface area (Å²) in [4.78, 5) is 14.3. The van der Waals surface area contributed by atoms with Crippen LogP contribution in [0.2, 0.25) is 0 Å². The van der Waals surface area contributed by atoms with E-state index in [0.717, 1.165) is 48.6 Å². The van der Waals surface area contributed by atoms with Crippen LogP contribution in [0.5, 0.6) is 5.75 Å². The van der Waals surface area contributed by atoms with Crippen LogP contribution in [0.4, 0.5) is 0 Å². The number of nitrogens with zero attached hydrogens (tertiary/aromatic N) is 1. The van der Waals surface area contributed by atoms with E-state index in [9.17, 15) is 4.79 Å². The van der Waals surface area contributed by atoms with E-state index in [4.69, 9.17) is 4.74 Å². The molecule has 18 heavy (non-hydrogen) atoms. The number of benzene rings is 1. The zero-order valence-electron chi connectivity index (χ0n) is 11.2. The average Bonchev–Trinajstić information content (AvgIpc) is 2.41. The van der Waals surface area contributed by atoms with Gasteiger partial charge in [-0.2, -0.15) is 0 Å². The summed E-state index contributed by atoms with van der Waals surface area (Å²) >= 11 is 0. The number of ether oxygens (including phenoxy) is 1. The van der Waals surface area contributed by atoms with Crippen LogP contribution in [-0.2, 0) is 0 Å². The first-order valence-corrected chi connectivity index (χ1v) is 6.28. The highest BCUT2D eigenvalue weighted by molar-refractivity contribution is 5.96. The largest absolute Gasteiger partial charge is 0.496 e. The zero-order valence-corrected chi connectivity index (χ0v) is 11.2. The van der Waals surface area contributed by atoms with Crippen molar-refractivity contribution >= 4 is 5.91 Å². The molecule has 0 aromatic heterocycles. The minimum atomic E-state index is 0.125. The molecule has 1 aromatic rings. The molecular formula is C14H20N2O2. The fourth-order valence-corrected chi connectivity index (χ4v) is 2.28. The van der Waals surface area contributed by atoms with Gasteiger partial charge in [0.2, 0.25) is 0 Å². The highest BCUT2D eigenvalue weighted by atomic mass is 16.5. The van der Waals surface area contributed by atoms with Crippen molar-refractivity contribution in [1.29, 1.82) is 0 Å². The molecule has 4 heteroatoms. The van der Waals surface area contributed by atoms with Gasteiger partial charge in [0.15, 0.2) is 0 Å². The highest BCUT2D eigenvalue weighted by Gasteiger charge is 2.20. The SMILES string of the molecule is COc1cc(C)c(C(=O)N2CCNCC2)cc1C. The Morgan fingerprint density at radius 3 is 2.50 bits per heavy atom. The molecule has 4 nitrogen and oxygen atoms in total. The van der Waals surface area contributed by atoms with E-state index in [0.29, 0.717) is 0 Å². The highest BCUT2D eigenvalue weighted by Crippen LogP contribution is 2.23. The molecule has 1 heterocycles. The fourth-order valence-electron chi connectivity index (χ4n) is 2.28. The number of amides is 1. The van der Waals surface area contributed by atoms with E-state index in [1.165, 1.54) is 0 Å². The van der Waals surface area contributed by atoms with Crippen LogP contribution in [0.25, 0.3) is 0 Å². The topological polar surface area (TPSA) is 41.6 Å². The molecule has 0 aliphatic carbocycles. The number of rotatable bonds is 2. The third kappa shape index (κ3) is 2.48. The number of methoxy groups -OCH3 is 1. The molecule has 0 atom stereocenters. The van der Waals surface area contributed by atoms with Gasteiger partial charge in [-0.1, -0.05) is 0 Å². The predicted octanol–water partition coefficient (Wildman–Crippen LogP) is 1.36. The third-order valence-corrected chi connectivity index (χ3v) is 3.38. The molecule has 0 radical (unpaired) electrons. The first-order valence-electron chi connectivity index (χ1n) is 6.28. The Bertz CT molecular complexity index is 451. The maximum atomic E-state index is 12.4. The van der Waals surface area contributed by atoms with E-state index in [2.05, 4.69) is 5.32 Å². The van der Waals surface area contributed by atoms with Crippen molar-refractivity contribution in [3.05, 3.63) is 28.8 Å². The Hall–Kier alpha value is -1.55. The van der Waals surface area contributed by atoms with Crippen LogP contribution in [0.3, 0.4) is 0 Å². The number of hydrogen-bond donors (Lipinski definition) is 1. The molecule has 0 saturated carbocycles. The lowest BCUT2D eigenvalue weighted by molar-refractivity contribution is 0.0735. The molecule has 1 aromatic carbocycles.